The van der Waals surface area contributed by atoms with Crippen molar-refractivity contribution in [3.05, 3.63) is 88.7 Å². The molecule has 2 N–H and O–H groups in total. The van der Waals surface area contributed by atoms with E-state index in [1.54, 1.807) is 11.8 Å². The summed E-state index contributed by atoms with van der Waals surface area (Å²) in [6.07, 6.45) is 5.83. The summed E-state index contributed by atoms with van der Waals surface area (Å²) in [4.78, 5) is 50.3. The molecule has 1 aliphatic carbocycles. The maximum Gasteiger partial charge on any atom is 0.246 e. The van der Waals surface area contributed by atoms with Crippen LogP contribution < -0.4 is 15.4 Å². The van der Waals surface area contributed by atoms with E-state index in [-0.39, 0.29) is 35.5 Å². The van der Waals surface area contributed by atoms with Crippen LogP contribution in [0, 0.1) is 11.8 Å². The number of rotatable bonds is 7. The van der Waals surface area contributed by atoms with Gasteiger partial charge in [-0.1, -0.05) is 69.6 Å². The van der Waals surface area contributed by atoms with Crippen LogP contribution in [0.15, 0.2) is 54.9 Å². The summed E-state index contributed by atoms with van der Waals surface area (Å²) in [5.41, 5.74) is 3.56. The quantitative estimate of drug-likeness (QED) is 0.363. The van der Waals surface area contributed by atoms with Gasteiger partial charge in [0.05, 0.1) is 6.04 Å². The first-order valence-electron chi connectivity index (χ1n) is 14.6. The summed E-state index contributed by atoms with van der Waals surface area (Å²) < 4.78 is 5.92. The summed E-state index contributed by atoms with van der Waals surface area (Å²) in [5, 5.41) is 6.38. The third-order valence-corrected chi connectivity index (χ3v) is 8.28. The van der Waals surface area contributed by atoms with Crippen molar-refractivity contribution in [1.82, 2.24) is 25.5 Å². The normalized spacial score (nSPS) is 18.6. The first-order valence-corrected chi connectivity index (χ1v) is 15.0. The van der Waals surface area contributed by atoms with Gasteiger partial charge in [0.25, 0.3) is 0 Å². The lowest BCUT2D eigenvalue weighted by atomic mass is 9.83. The van der Waals surface area contributed by atoms with E-state index < -0.39 is 17.5 Å². The van der Waals surface area contributed by atoms with Gasteiger partial charge in [0, 0.05) is 25.5 Å². The number of carbonyl (C=O) groups excluding carboxylic acids is 3. The molecule has 2 aliphatic rings. The minimum absolute atomic E-state index is 0.126. The SMILES string of the molecule is C[CH]C(=O)N[C@H](C(=O)N1Cc2cc(Oc3cc(Cl)ncn3)ccc2C[C@H]1C(=O)N[C@@H]1CCCc2ccccc21)C(C)(C)C. The molecule has 0 fully saturated rings. The Kier molecular flexibility index (Phi) is 9.01. The molecule has 2 aromatic carbocycles. The fraction of sp³-hybridized carbons (Fsp3) is 0.394. The number of benzene rings is 2. The van der Waals surface area contributed by atoms with E-state index in [1.165, 1.54) is 24.4 Å². The number of nitrogens with one attached hydrogen (secondary N) is 2. The molecule has 0 spiro atoms. The highest BCUT2D eigenvalue weighted by atomic mass is 35.5. The topological polar surface area (TPSA) is 114 Å². The Hall–Kier alpha value is -3.98. The second kappa shape index (κ2) is 12.7. The highest BCUT2D eigenvalue weighted by molar-refractivity contribution is 6.29. The fourth-order valence-corrected chi connectivity index (χ4v) is 5.93. The van der Waals surface area contributed by atoms with Crippen molar-refractivity contribution in [2.75, 3.05) is 0 Å². The third kappa shape index (κ3) is 6.99. The third-order valence-electron chi connectivity index (χ3n) is 8.07. The van der Waals surface area contributed by atoms with E-state index in [2.05, 4.69) is 32.7 Å². The van der Waals surface area contributed by atoms with Crippen LogP contribution in [0.25, 0.3) is 0 Å². The van der Waals surface area contributed by atoms with Crippen LogP contribution in [0.2, 0.25) is 5.15 Å². The molecule has 3 atom stereocenters. The zero-order chi connectivity index (χ0) is 30.7. The lowest BCUT2D eigenvalue weighted by molar-refractivity contribution is -0.147. The van der Waals surface area contributed by atoms with E-state index in [0.717, 1.165) is 36.0 Å². The number of nitrogens with zero attached hydrogens (tertiary/aromatic N) is 3. The van der Waals surface area contributed by atoms with Crippen LogP contribution in [-0.2, 0) is 33.8 Å². The minimum Gasteiger partial charge on any atom is -0.439 e. The van der Waals surface area contributed by atoms with Gasteiger partial charge < -0.3 is 20.3 Å². The average molecular weight is 603 g/mol. The van der Waals surface area contributed by atoms with Crippen molar-refractivity contribution in [1.29, 1.82) is 0 Å². The van der Waals surface area contributed by atoms with E-state index in [1.807, 2.05) is 51.1 Å². The average Bonchev–Trinajstić information content (AvgIpc) is 2.98. The Morgan fingerprint density at radius 3 is 2.60 bits per heavy atom. The van der Waals surface area contributed by atoms with Crippen LogP contribution in [0.3, 0.4) is 0 Å². The van der Waals surface area contributed by atoms with Gasteiger partial charge in [-0.3, -0.25) is 14.4 Å². The van der Waals surface area contributed by atoms with Crippen molar-refractivity contribution >= 4 is 29.3 Å². The van der Waals surface area contributed by atoms with Gasteiger partial charge in [0.1, 0.15) is 29.3 Å². The Labute approximate surface area is 257 Å². The minimum atomic E-state index is -0.842. The number of ether oxygens (including phenoxy) is 1. The summed E-state index contributed by atoms with van der Waals surface area (Å²) in [7, 11) is 0. The number of hydrogen-bond acceptors (Lipinski definition) is 6. The molecule has 225 valence electrons. The van der Waals surface area contributed by atoms with Gasteiger partial charge in [-0.25, -0.2) is 9.97 Å². The van der Waals surface area contributed by atoms with Gasteiger partial charge >= 0.3 is 0 Å². The summed E-state index contributed by atoms with van der Waals surface area (Å²) >= 11 is 5.99. The first-order chi connectivity index (χ1) is 20.5. The van der Waals surface area contributed by atoms with Crippen LogP contribution in [0.4, 0.5) is 0 Å². The monoisotopic (exact) mass is 602 g/mol. The van der Waals surface area contributed by atoms with E-state index >= 15 is 0 Å². The number of amides is 3. The lowest BCUT2D eigenvalue weighted by Crippen LogP contribution is -2.60. The molecule has 5 rings (SSSR count). The van der Waals surface area contributed by atoms with E-state index in [9.17, 15) is 14.4 Å². The lowest BCUT2D eigenvalue weighted by Gasteiger charge is -2.41. The zero-order valence-corrected chi connectivity index (χ0v) is 25.6. The van der Waals surface area contributed by atoms with Gasteiger partial charge in [-0.2, -0.15) is 0 Å². The number of aryl methyl sites for hydroxylation is 1. The number of carbonyl (C=O) groups is 3. The van der Waals surface area contributed by atoms with E-state index in [4.69, 9.17) is 16.3 Å². The molecular formula is C33H37ClN5O4. The van der Waals surface area contributed by atoms with Crippen LogP contribution in [0.1, 0.15) is 68.8 Å². The van der Waals surface area contributed by atoms with Gasteiger partial charge in [-0.05, 0) is 59.1 Å². The maximum atomic E-state index is 14.3. The smallest absolute Gasteiger partial charge is 0.246 e. The highest BCUT2D eigenvalue weighted by Crippen LogP contribution is 2.34. The summed E-state index contributed by atoms with van der Waals surface area (Å²) in [6, 6.07) is 13.6. The fourth-order valence-electron chi connectivity index (χ4n) is 5.80. The number of halogens is 1. The molecule has 0 saturated carbocycles. The van der Waals surface area contributed by atoms with Crippen molar-refractivity contribution < 1.29 is 19.1 Å². The van der Waals surface area contributed by atoms with Crippen molar-refractivity contribution in [2.45, 2.75) is 78.0 Å². The number of fused-ring (bicyclic) bond motifs is 2. The highest BCUT2D eigenvalue weighted by Gasteiger charge is 2.42. The van der Waals surface area contributed by atoms with Crippen molar-refractivity contribution in [3.8, 4) is 11.6 Å². The molecule has 1 aliphatic heterocycles. The molecule has 1 aromatic heterocycles. The Morgan fingerprint density at radius 2 is 1.86 bits per heavy atom. The molecular weight excluding hydrogens is 566 g/mol. The number of aromatic nitrogens is 2. The van der Waals surface area contributed by atoms with Crippen LogP contribution >= 0.6 is 11.6 Å². The predicted octanol–water partition coefficient (Wildman–Crippen LogP) is 5.12. The van der Waals surface area contributed by atoms with Gasteiger partial charge in [-0.15, -0.1) is 0 Å². The molecule has 1 radical (unpaired) electrons. The Bertz CT molecular complexity index is 1520. The molecule has 9 nitrogen and oxygen atoms in total. The molecule has 2 heterocycles. The van der Waals surface area contributed by atoms with Crippen molar-refractivity contribution in [2.24, 2.45) is 5.41 Å². The second-order valence-corrected chi connectivity index (χ2v) is 12.5. The Balaban J connectivity index is 1.46. The molecule has 10 heteroatoms. The van der Waals surface area contributed by atoms with Crippen LogP contribution in [-0.4, -0.2) is 44.7 Å². The van der Waals surface area contributed by atoms with Gasteiger partial charge in [0.15, 0.2) is 0 Å². The maximum absolute atomic E-state index is 14.3. The largest absolute Gasteiger partial charge is 0.439 e. The molecule has 0 bridgehead atoms. The zero-order valence-electron chi connectivity index (χ0n) is 24.9. The summed E-state index contributed by atoms with van der Waals surface area (Å²) in [5.74, 6) is -0.0576. The second-order valence-electron chi connectivity index (χ2n) is 12.1. The molecule has 3 amide bonds. The predicted molar refractivity (Wildman–Crippen MR) is 163 cm³/mol. The molecule has 3 aromatic rings. The summed E-state index contributed by atoms with van der Waals surface area (Å²) in [6.45, 7) is 7.50. The standard InChI is InChI=1S/C33H37ClN5O4/c1-5-28(40)38-30(33(2,3)4)32(42)39-18-22-15-23(43-29-17-27(34)35-19-36-29)14-13-21(22)16-26(39)31(41)37-25-12-8-10-20-9-6-7-11-24(20)25/h5-7,9,11,13-15,17,19,25-26,30H,8,10,12,16,18H2,1-4H3,(H,37,41)(H,38,40)/t25-,26+,30-/m1/s1. The number of hydrogen-bond donors (Lipinski definition) is 2. The Morgan fingerprint density at radius 1 is 1.07 bits per heavy atom. The molecule has 43 heavy (non-hydrogen) atoms. The van der Waals surface area contributed by atoms with Gasteiger partial charge in [0.2, 0.25) is 23.6 Å². The molecule has 0 saturated heterocycles. The first kappa shape index (κ1) is 30.5. The van der Waals surface area contributed by atoms with Crippen molar-refractivity contribution in [3.63, 3.8) is 0 Å². The molecule has 0 unspecified atom stereocenters. The van der Waals surface area contributed by atoms with E-state index in [0.29, 0.717) is 18.1 Å². The van der Waals surface area contributed by atoms with Crippen LogP contribution in [0.5, 0.6) is 11.6 Å².